The average molecular weight is 301 g/mol. The number of rotatable bonds is 4. The Hall–Kier alpha value is -1.88. The van der Waals surface area contributed by atoms with Gasteiger partial charge in [0.05, 0.1) is 0 Å². The van der Waals surface area contributed by atoms with Gasteiger partial charge in [0.25, 0.3) is 5.91 Å². The van der Waals surface area contributed by atoms with Crippen LogP contribution in [0.2, 0.25) is 0 Å². The van der Waals surface area contributed by atoms with Gasteiger partial charge in [-0.2, -0.15) is 11.3 Å². The van der Waals surface area contributed by atoms with Crippen LogP contribution in [0.3, 0.4) is 0 Å². The second-order valence-corrected chi connectivity index (χ2v) is 6.12. The lowest BCUT2D eigenvalue weighted by molar-refractivity contribution is 0.0945. The summed E-state index contributed by atoms with van der Waals surface area (Å²) < 4.78 is 0. The van der Waals surface area contributed by atoms with E-state index >= 15 is 0 Å². The highest BCUT2D eigenvalue weighted by Gasteiger charge is 2.20. The highest BCUT2D eigenvalue weighted by atomic mass is 32.1. The largest absolute Gasteiger partial charge is 0.357 e. The van der Waals surface area contributed by atoms with Crippen molar-refractivity contribution in [1.29, 1.82) is 0 Å². The average Bonchev–Trinajstić information content (AvgIpc) is 3.08. The Morgan fingerprint density at radius 1 is 1.33 bits per heavy atom. The summed E-state index contributed by atoms with van der Waals surface area (Å²) in [5.41, 5.74) is 0.769. The van der Waals surface area contributed by atoms with E-state index in [1.165, 1.54) is 0 Å². The molecule has 1 saturated heterocycles. The van der Waals surface area contributed by atoms with Crippen LogP contribution in [-0.2, 0) is 0 Å². The van der Waals surface area contributed by atoms with Crippen molar-refractivity contribution in [2.24, 2.45) is 5.92 Å². The zero-order valence-electron chi connectivity index (χ0n) is 11.9. The molecule has 2 aromatic heterocycles. The van der Waals surface area contributed by atoms with Crippen molar-refractivity contribution in [3.63, 3.8) is 0 Å². The van der Waals surface area contributed by atoms with Gasteiger partial charge < -0.3 is 10.2 Å². The van der Waals surface area contributed by atoms with Crippen molar-refractivity contribution in [1.82, 2.24) is 10.3 Å². The van der Waals surface area contributed by atoms with Gasteiger partial charge in [0.15, 0.2) is 0 Å². The van der Waals surface area contributed by atoms with Crippen molar-refractivity contribution >= 4 is 23.1 Å². The Bertz CT molecular complexity index is 562. The van der Waals surface area contributed by atoms with E-state index in [1.54, 1.807) is 11.3 Å². The molecule has 4 nitrogen and oxygen atoms in total. The summed E-state index contributed by atoms with van der Waals surface area (Å²) in [6, 6.07) is 7.88. The quantitative estimate of drug-likeness (QED) is 0.944. The summed E-state index contributed by atoms with van der Waals surface area (Å²) >= 11 is 1.55. The number of thiophene rings is 1. The predicted octanol–water partition coefficient (Wildman–Crippen LogP) is 2.79. The van der Waals surface area contributed by atoms with E-state index < -0.39 is 0 Å². The predicted molar refractivity (Wildman–Crippen MR) is 85.8 cm³/mol. The molecule has 0 aromatic carbocycles. The van der Waals surface area contributed by atoms with Crippen molar-refractivity contribution < 1.29 is 4.79 Å². The molecule has 3 rings (SSSR count). The second kappa shape index (κ2) is 6.72. The topological polar surface area (TPSA) is 45.2 Å². The van der Waals surface area contributed by atoms with Gasteiger partial charge in [0.2, 0.25) is 0 Å². The number of hydrogen-bond acceptors (Lipinski definition) is 4. The summed E-state index contributed by atoms with van der Waals surface area (Å²) in [6.07, 6.45) is 4.03. The van der Waals surface area contributed by atoms with E-state index in [2.05, 4.69) is 21.3 Å². The number of aromatic nitrogens is 1. The number of piperidine rings is 1. The smallest absolute Gasteiger partial charge is 0.252 e. The maximum absolute atomic E-state index is 11.9. The molecule has 0 spiro atoms. The van der Waals surface area contributed by atoms with Crippen LogP contribution >= 0.6 is 11.3 Å². The van der Waals surface area contributed by atoms with E-state index in [9.17, 15) is 4.79 Å². The van der Waals surface area contributed by atoms with Crippen LogP contribution in [-0.4, -0.2) is 30.5 Å². The molecule has 0 saturated carbocycles. The number of amides is 1. The van der Waals surface area contributed by atoms with Gasteiger partial charge in [-0.1, -0.05) is 6.07 Å². The number of carbonyl (C=O) groups is 1. The van der Waals surface area contributed by atoms with Gasteiger partial charge in [0.1, 0.15) is 5.82 Å². The fourth-order valence-electron chi connectivity index (χ4n) is 2.64. The molecule has 1 amide bonds. The fourth-order valence-corrected chi connectivity index (χ4v) is 3.28. The molecular weight excluding hydrogens is 282 g/mol. The van der Waals surface area contributed by atoms with E-state index in [0.29, 0.717) is 5.92 Å². The monoisotopic (exact) mass is 301 g/mol. The van der Waals surface area contributed by atoms with Crippen molar-refractivity contribution in [2.75, 3.05) is 24.5 Å². The third kappa shape index (κ3) is 3.61. The van der Waals surface area contributed by atoms with Crippen LogP contribution in [0.15, 0.2) is 41.2 Å². The highest BCUT2D eigenvalue weighted by molar-refractivity contribution is 7.08. The van der Waals surface area contributed by atoms with Gasteiger partial charge in [0, 0.05) is 36.8 Å². The normalized spacial score (nSPS) is 15.9. The molecule has 3 heterocycles. The first-order chi connectivity index (χ1) is 10.3. The molecule has 1 aliphatic heterocycles. The van der Waals surface area contributed by atoms with E-state index in [4.69, 9.17) is 0 Å². The molecule has 1 fully saturated rings. The lowest BCUT2D eigenvalue weighted by Crippen LogP contribution is -2.38. The van der Waals surface area contributed by atoms with Crippen LogP contribution in [0.1, 0.15) is 23.2 Å². The molecule has 5 heteroatoms. The van der Waals surface area contributed by atoms with Crippen molar-refractivity contribution in [2.45, 2.75) is 12.8 Å². The molecular formula is C16H19N3OS. The first-order valence-corrected chi connectivity index (χ1v) is 8.23. The summed E-state index contributed by atoms with van der Waals surface area (Å²) in [7, 11) is 0. The van der Waals surface area contributed by atoms with E-state index in [0.717, 1.165) is 43.9 Å². The molecule has 0 aliphatic carbocycles. The summed E-state index contributed by atoms with van der Waals surface area (Å²) in [4.78, 5) is 18.6. The molecule has 110 valence electrons. The third-order valence-corrected chi connectivity index (χ3v) is 4.61. The molecule has 1 N–H and O–H groups in total. The van der Waals surface area contributed by atoms with Crippen LogP contribution in [0.25, 0.3) is 0 Å². The Kier molecular flexibility index (Phi) is 4.50. The standard InChI is InChI=1S/C16H19N3OS/c20-16(14-6-10-21-12-14)18-11-13-4-8-19(9-5-13)15-3-1-2-7-17-15/h1-3,6-7,10,12-13H,4-5,8-9,11H2,(H,18,20). The van der Waals surface area contributed by atoms with E-state index in [1.807, 2.05) is 35.2 Å². The van der Waals surface area contributed by atoms with Crippen LogP contribution in [0.5, 0.6) is 0 Å². The Labute approximate surface area is 128 Å². The Morgan fingerprint density at radius 3 is 2.86 bits per heavy atom. The fraction of sp³-hybridized carbons (Fsp3) is 0.375. The van der Waals surface area contributed by atoms with Gasteiger partial charge in [-0.15, -0.1) is 0 Å². The lowest BCUT2D eigenvalue weighted by Gasteiger charge is -2.32. The SMILES string of the molecule is O=C(NCC1CCN(c2ccccn2)CC1)c1ccsc1. The summed E-state index contributed by atoms with van der Waals surface area (Å²) in [5.74, 6) is 1.66. The molecule has 1 aliphatic rings. The van der Waals surface area contributed by atoms with Crippen LogP contribution < -0.4 is 10.2 Å². The molecule has 0 unspecified atom stereocenters. The number of carbonyl (C=O) groups excluding carboxylic acids is 1. The van der Waals surface area contributed by atoms with Crippen LogP contribution in [0.4, 0.5) is 5.82 Å². The number of anilines is 1. The molecule has 21 heavy (non-hydrogen) atoms. The minimum absolute atomic E-state index is 0.0448. The Balaban J connectivity index is 1.45. The summed E-state index contributed by atoms with van der Waals surface area (Å²) in [6.45, 7) is 2.79. The van der Waals surface area contributed by atoms with Gasteiger partial charge in [-0.25, -0.2) is 4.98 Å². The minimum Gasteiger partial charge on any atom is -0.357 e. The highest BCUT2D eigenvalue weighted by Crippen LogP contribution is 2.21. The molecule has 2 aromatic rings. The van der Waals surface area contributed by atoms with Gasteiger partial charge >= 0.3 is 0 Å². The maximum Gasteiger partial charge on any atom is 0.252 e. The second-order valence-electron chi connectivity index (χ2n) is 5.34. The number of hydrogen-bond donors (Lipinski definition) is 1. The molecule has 0 bridgehead atoms. The van der Waals surface area contributed by atoms with E-state index in [-0.39, 0.29) is 5.91 Å². The van der Waals surface area contributed by atoms with Crippen molar-refractivity contribution in [3.05, 3.63) is 46.8 Å². The van der Waals surface area contributed by atoms with Crippen LogP contribution in [0, 0.1) is 5.92 Å². The first-order valence-electron chi connectivity index (χ1n) is 7.29. The molecule has 0 atom stereocenters. The number of nitrogens with one attached hydrogen (secondary N) is 1. The third-order valence-electron chi connectivity index (χ3n) is 3.92. The zero-order valence-corrected chi connectivity index (χ0v) is 12.7. The van der Waals surface area contributed by atoms with Gasteiger partial charge in [-0.05, 0) is 42.3 Å². The number of pyridine rings is 1. The Morgan fingerprint density at radius 2 is 2.19 bits per heavy atom. The summed E-state index contributed by atoms with van der Waals surface area (Å²) in [5, 5.41) is 6.86. The lowest BCUT2D eigenvalue weighted by atomic mass is 9.96. The zero-order chi connectivity index (χ0) is 14.5. The minimum atomic E-state index is 0.0448. The maximum atomic E-state index is 11.9. The molecule has 0 radical (unpaired) electrons. The van der Waals surface area contributed by atoms with Gasteiger partial charge in [-0.3, -0.25) is 4.79 Å². The first kappa shape index (κ1) is 14.1. The van der Waals surface area contributed by atoms with Crippen molar-refractivity contribution in [3.8, 4) is 0 Å². The number of nitrogens with zero attached hydrogens (tertiary/aromatic N) is 2.